The Morgan fingerprint density at radius 2 is 2.21 bits per heavy atom. The third kappa shape index (κ3) is 2.56. The van der Waals surface area contributed by atoms with Crippen molar-refractivity contribution in [2.45, 2.75) is 6.54 Å². The van der Waals surface area contributed by atoms with Crippen LogP contribution in [0, 0.1) is 0 Å². The molecule has 0 aliphatic rings. The molecule has 0 unspecified atom stereocenters. The lowest BCUT2D eigenvalue weighted by Crippen LogP contribution is -2.07. The van der Waals surface area contributed by atoms with Gasteiger partial charge in [0, 0.05) is 17.1 Å². The molecule has 0 radical (unpaired) electrons. The summed E-state index contributed by atoms with van der Waals surface area (Å²) in [7, 11) is 1.36. The van der Waals surface area contributed by atoms with Crippen LogP contribution < -0.4 is 0 Å². The first-order chi connectivity index (χ1) is 11.7. The van der Waals surface area contributed by atoms with Crippen LogP contribution in [0.4, 0.5) is 0 Å². The van der Waals surface area contributed by atoms with E-state index in [1.807, 2.05) is 35.3 Å². The number of nitrogens with zero attached hydrogens (tertiary/aromatic N) is 5. The zero-order valence-corrected chi connectivity index (χ0v) is 13.6. The minimum absolute atomic E-state index is 0.398. The molecule has 0 spiro atoms. The molecule has 0 saturated heterocycles. The number of hydrogen-bond acceptors (Lipinski definition) is 6. The molecule has 0 atom stereocenters. The van der Waals surface area contributed by atoms with Crippen molar-refractivity contribution in [2.75, 3.05) is 7.11 Å². The van der Waals surface area contributed by atoms with Gasteiger partial charge >= 0.3 is 5.97 Å². The number of carbonyl (C=O) groups is 1. The maximum atomic E-state index is 11.8. The first-order valence-corrected chi connectivity index (χ1v) is 8.17. The summed E-state index contributed by atoms with van der Waals surface area (Å²) in [5, 5.41) is 12.4. The molecule has 24 heavy (non-hydrogen) atoms. The van der Waals surface area contributed by atoms with Crippen LogP contribution >= 0.6 is 11.3 Å². The monoisotopic (exact) mass is 339 g/mol. The second kappa shape index (κ2) is 5.89. The van der Waals surface area contributed by atoms with Crippen molar-refractivity contribution < 1.29 is 9.53 Å². The largest absolute Gasteiger partial charge is 0.464 e. The number of fused-ring (bicyclic) bond motifs is 1. The van der Waals surface area contributed by atoms with E-state index in [1.54, 1.807) is 32.6 Å². The lowest BCUT2D eigenvalue weighted by atomic mass is 10.3. The van der Waals surface area contributed by atoms with Gasteiger partial charge in [-0.15, -0.1) is 5.10 Å². The molecular weight excluding hydrogens is 326 g/mol. The molecule has 7 nitrogen and oxygen atoms in total. The molecule has 4 rings (SSSR count). The highest BCUT2D eigenvalue weighted by atomic mass is 32.1. The van der Waals surface area contributed by atoms with E-state index in [0.29, 0.717) is 17.9 Å². The Morgan fingerprint density at radius 3 is 3.00 bits per heavy atom. The fraction of sp³-hybridized carbons (Fsp3) is 0.125. The van der Waals surface area contributed by atoms with Gasteiger partial charge in [0.2, 0.25) is 0 Å². The number of rotatable bonds is 4. The number of methoxy groups -OCH3 is 1. The Hall–Kier alpha value is -3.00. The molecule has 0 aromatic carbocycles. The van der Waals surface area contributed by atoms with Crippen molar-refractivity contribution in [3.05, 3.63) is 58.8 Å². The van der Waals surface area contributed by atoms with Gasteiger partial charge in [-0.05, 0) is 23.6 Å². The van der Waals surface area contributed by atoms with Gasteiger partial charge in [-0.1, -0.05) is 11.3 Å². The minimum Gasteiger partial charge on any atom is -0.464 e. The van der Waals surface area contributed by atoms with Crippen molar-refractivity contribution in [2.24, 2.45) is 0 Å². The van der Waals surface area contributed by atoms with Gasteiger partial charge in [-0.3, -0.25) is 4.40 Å². The molecule has 0 fully saturated rings. The molecule has 0 amide bonds. The van der Waals surface area contributed by atoms with Gasteiger partial charge in [0.15, 0.2) is 0 Å². The highest BCUT2D eigenvalue weighted by Gasteiger charge is 2.13. The number of esters is 1. The molecule has 0 saturated carbocycles. The molecule has 4 aromatic rings. The number of aromatic nitrogens is 5. The molecule has 0 aliphatic heterocycles. The summed E-state index contributed by atoms with van der Waals surface area (Å²) in [4.78, 5) is 16.4. The number of ether oxygens (including phenoxy) is 1. The van der Waals surface area contributed by atoms with Crippen molar-refractivity contribution in [1.29, 1.82) is 0 Å². The summed E-state index contributed by atoms with van der Waals surface area (Å²) in [5.74, 6) is -0.398. The minimum atomic E-state index is -0.398. The average molecular weight is 339 g/mol. The van der Waals surface area contributed by atoms with Crippen LogP contribution in [0.2, 0.25) is 0 Å². The fourth-order valence-electron chi connectivity index (χ4n) is 2.49. The molecule has 0 bridgehead atoms. The van der Waals surface area contributed by atoms with Crippen molar-refractivity contribution in [1.82, 2.24) is 24.4 Å². The summed E-state index contributed by atoms with van der Waals surface area (Å²) in [6.45, 7) is 0.472. The summed E-state index contributed by atoms with van der Waals surface area (Å²) >= 11 is 1.62. The molecule has 4 aromatic heterocycles. The summed E-state index contributed by atoms with van der Waals surface area (Å²) in [6, 6.07) is 7.33. The maximum absolute atomic E-state index is 11.8. The van der Waals surface area contributed by atoms with Gasteiger partial charge in [0.25, 0.3) is 0 Å². The van der Waals surface area contributed by atoms with Crippen molar-refractivity contribution >= 4 is 23.0 Å². The smallest absolute Gasteiger partial charge is 0.355 e. The highest BCUT2D eigenvalue weighted by Crippen LogP contribution is 2.19. The Morgan fingerprint density at radius 1 is 1.29 bits per heavy atom. The first-order valence-electron chi connectivity index (χ1n) is 7.22. The van der Waals surface area contributed by atoms with E-state index in [1.165, 1.54) is 7.11 Å². The topological polar surface area (TPSA) is 74.3 Å². The van der Waals surface area contributed by atoms with E-state index >= 15 is 0 Å². The Balaban J connectivity index is 1.64. The van der Waals surface area contributed by atoms with Crippen LogP contribution in [0.15, 0.2) is 47.4 Å². The Bertz CT molecular complexity index is 1000. The zero-order chi connectivity index (χ0) is 16.5. The van der Waals surface area contributed by atoms with E-state index in [2.05, 4.69) is 15.3 Å². The quantitative estimate of drug-likeness (QED) is 0.534. The van der Waals surface area contributed by atoms with Crippen molar-refractivity contribution in [3.63, 3.8) is 0 Å². The molecule has 8 heteroatoms. The third-order valence-electron chi connectivity index (χ3n) is 3.62. The van der Waals surface area contributed by atoms with Crippen LogP contribution in [-0.2, 0) is 11.3 Å². The molecule has 0 N–H and O–H groups in total. The van der Waals surface area contributed by atoms with E-state index in [9.17, 15) is 4.79 Å². The van der Waals surface area contributed by atoms with E-state index < -0.39 is 5.97 Å². The van der Waals surface area contributed by atoms with Crippen LogP contribution in [0.3, 0.4) is 0 Å². The summed E-state index contributed by atoms with van der Waals surface area (Å²) in [6.07, 6.45) is 3.70. The second-order valence-electron chi connectivity index (χ2n) is 5.18. The van der Waals surface area contributed by atoms with E-state index in [0.717, 1.165) is 17.0 Å². The zero-order valence-electron chi connectivity index (χ0n) is 12.8. The van der Waals surface area contributed by atoms with Gasteiger partial charge in [-0.25, -0.2) is 14.5 Å². The molecular formula is C16H13N5O2S. The number of pyridine rings is 1. The Kier molecular flexibility index (Phi) is 3.58. The highest BCUT2D eigenvalue weighted by molar-refractivity contribution is 7.08. The number of carbonyl (C=O) groups excluding carboxylic acids is 1. The molecule has 0 aliphatic carbocycles. The lowest BCUT2D eigenvalue weighted by molar-refractivity contribution is 0.0592. The van der Waals surface area contributed by atoms with E-state index in [4.69, 9.17) is 4.74 Å². The second-order valence-corrected chi connectivity index (χ2v) is 5.96. The van der Waals surface area contributed by atoms with Crippen LogP contribution in [-0.4, -0.2) is 37.5 Å². The number of imidazole rings is 1. The van der Waals surface area contributed by atoms with Gasteiger partial charge in [0.1, 0.15) is 17.0 Å². The van der Waals surface area contributed by atoms with Gasteiger partial charge in [-0.2, -0.15) is 11.3 Å². The SMILES string of the molecule is COC(=O)c1cccc2nc(Cn3cc(-c4ccsc4)nn3)cn12. The maximum Gasteiger partial charge on any atom is 0.355 e. The predicted octanol–water partition coefficient (Wildman–Crippen LogP) is 2.49. The van der Waals surface area contributed by atoms with Crippen LogP contribution in [0.5, 0.6) is 0 Å². The summed E-state index contributed by atoms with van der Waals surface area (Å²) in [5.41, 5.74) is 3.79. The van der Waals surface area contributed by atoms with Crippen molar-refractivity contribution in [3.8, 4) is 11.3 Å². The lowest BCUT2D eigenvalue weighted by Gasteiger charge is -2.01. The Labute approximate surface area is 141 Å². The number of thiophene rings is 1. The first kappa shape index (κ1) is 14.6. The van der Waals surface area contributed by atoms with Crippen LogP contribution in [0.25, 0.3) is 16.9 Å². The third-order valence-corrected chi connectivity index (χ3v) is 4.30. The average Bonchev–Trinajstić information content (AvgIpc) is 3.33. The predicted molar refractivity (Wildman–Crippen MR) is 89.0 cm³/mol. The molecule has 4 heterocycles. The van der Waals surface area contributed by atoms with Gasteiger partial charge in [0.05, 0.1) is 25.5 Å². The van der Waals surface area contributed by atoms with Gasteiger partial charge < -0.3 is 4.74 Å². The number of hydrogen-bond donors (Lipinski definition) is 0. The fourth-order valence-corrected chi connectivity index (χ4v) is 3.14. The van der Waals surface area contributed by atoms with Crippen LogP contribution in [0.1, 0.15) is 16.2 Å². The normalized spacial score (nSPS) is 11.0. The molecule has 120 valence electrons. The summed E-state index contributed by atoms with van der Waals surface area (Å²) < 4.78 is 8.25. The standard InChI is InChI=1S/C16H13N5O2S/c1-23-16(22)14-3-2-4-15-17-12(8-21(14)15)7-20-9-13(18-19-20)11-5-6-24-10-11/h2-6,8-10H,7H2,1H3. The van der Waals surface area contributed by atoms with E-state index in [-0.39, 0.29) is 0 Å².